The normalized spacial score (nSPS) is 15.7. The lowest BCUT2D eigenvalue weighted by Gasteiger charge is -2.36. The van der Waals surface area contributed by atoms with Gasteiger partial charge in [0, 0.05) is 11.8 Å². The first-order chi connectivity index (χ1) is 10.3. The standard InChI is InChI=1S/C17H30ClIO3Si/c1-13(19)11-14(18)7-8-15(20)9-10-16(21)12-22-23(5,6)17(2,3)4/h9-10,14,16,21H,1,7-8,11-12H2,2-6H3. The third kappa shape index (κ3) is 10.7. The highest BCUT2D eigenvalue weighted by Gasteiger charge is 2.37. The zero-order valence-electron chi connectivity index (χ0n) is 14.9. The van der Waals surface area contributed by atoms with Crippen LogP contribution in [0.1, 0.15) is 40.0 Å². The molecular weight excluding hydrogens is 443 g/mol. The monoisotopic (exact) mass is 472 g/mol. The Labute approximate surface area is 160 Å². The lowest BCUT2D eigenvalue weighted by molar-refractivity contribution is -0.114. The second kappa shape index (κ2) is 10.3. The van der Waals surface area contributed by atoms with E-state index in [4.69, 9.17) is 16.0 Å². The number of hydrogen-bond acceptors (Lipinski definition) is 3. The summed E-state index contributed by atoms with van der Waals surface area (Å²) in [6, 6.07) is 0. The third-order valence-electron chi connectivity index (χ3n) is 4.07. The van der Waals surface area contributed by atoms with Gasteiger partial charge in [-0.15, -0.1) is 11.6 Å². The minimum atomic E-state index is -1.87. The van der Waals surface area contributed by atoms with Crippen LogP contribution < -0.4 is 0 Å². The summed E-state index contributed by atoms with van der Waals surface area (Å²) >= 11 is 8.26. The molecule has 0 aliphatic carbocycles. The molecule has 0 heterocycles. The van der Waals surface area contributed by atoms with Gasteiger partial charge in [-0.3, -0.25) is 4.79 Å². The van der Waals surface area contributed by atoms with E-state index in [9.17, 15) is 9.90 Å². The highest BCUT2D eigenvalue weighted by atomic mass is 127. The minimum absolute atomic E-state index is 0.0268. The van der Waals surface area contributed by atoms with Gasteiger partial charge in [-0.05, 0) is 63.2 Å². The number of aliphatic hydroxyl groups is 1. The lowest BCUT2D eigenvalue weighted by Crippen LogP contribution is -2.42. The smallest absolute Gasteiger partial charge is 0.192 e. The largest absolute Gasteiger partial charge is 0.414 e. The molecule has 2 unspecified atom stereocenters. The number of carbonyl (C=O) groups is 1. The molecular formula is C17H30ClIO3Si. The Bertz CT molecular complexity index is 430. The SMILES string of the molecule is C=C(I)CC(Cl)CCC(=O)C=CC(O)CO[Si](C)(C)C(C)(C)C. The Hall–Kier alpha value is 0.307. The predicted octanol–water partition coefficient (Wildman–Crippen LogP) is 5.22. The van der Waals surface area contributed by atoms with E-state index in [1.54, 1.807) is 0 Å². The van der Waals surface area contributed by atoms with Gasteiger partial charge in [-0.25, -0.2) is 0 Å². The minimum Gasteiger partial charge on any atom is -0.414 e. The number of halogens is 2. The Morgan fingerprint density at radius 2 is 2.00 bits per heavy atom. The molecule has 0 aromatic heterocycles. The summed E-state index contributed by atoms with van der Waals surface area (Å²) in [5, 5.41) is 9.98. The Balaban J connectivity index is 4.19. The van der Waals surface area contributed by atoms with Crippen molar-refractivity contribution in [1.82, 2.24) is 0 Å². The quantitative estimate of drug-likeness (QED) is 0.205. The van der Waals surface area contributed by atoms with E-state index in [0.29, 0.717) is 19.3 Å². The zero-order chi connectivity index (χ0) is 18.3. The maximum atomic E-state index is 11.8. The molecule has 0 aliphatic rings. The fourth-order valence-electron chi connectivity index (χ4n) is 1.51. The van der Waals surface area contributed by atoms with Gasteiger partial charge in [0.25, 0.3) is 0 Å². The predicted molar refractivity (Wildman–Crippen MR) is 110 cm³/mol. The van der Waals surface area contributed by atoms with Crippen molar-refractivity contribution in [2.24, 2.45) is 0 Å². The summed E-state index contributed by atoms with van der Waals surface area (Å²) in [5.74, 6) is -0.0268. The van der Waals surface area contributed by atoms with E-state index in [-0.39, 0.29) is 22.8 Å². The van der Waals surface area contributed by atoms with Crippen LogP contribution >= 0.6 is 34.2 Å². The van der Waals surface area contributed by atoms with Crippen molar-refractivity contribution < 1.29 is 14.3 Å². The topological polar surface area (TPSA) is 46.5 Å². The number of rotatable bonds is 10. The van der Waals surface area contributed by atoms with Crippen molar-refractivity contribution in [1.29, 1.82) is 0 Å². The van der Waals surface area contributed by atoms with Crippen molar-refractivity contribution >= 4 is 48.3 Å². The molecule has 0 fully saturated rings. The fourth-order valence-corrected chi connectivity index (χ4v) is 3.62. The number of ketones is 1. The molecule has 134 valence electrons. The van der Waals surface area contributed by atoms with E-state index >= 15 is 0 Å². The summed E-state index contributed by atoms with van der Waals surface area (Å²) in [6.45, 7) is 14.8. The van der Waals surface area contributed by atoms with Crippen LogP contribution in [-0.4, -0.2) is 37.3 Å². The van der Waals surface area contributed by atoms with Crippen LogP contribution in [0.15, 0.2) is 22.3 Å². The van der Waals surface area contributed by atoms with Crippen LogP contribution in [0.2, 0.25) is 18.1 Å². The van der Waals surface area contributed by atoms with Crippen molar-refractivity contribution in [3.63, 3.8) is 0 Å². The molecule has 0 aliphatic heterocycles. The van der Waals surface area contributed by atoms with Gasteiger partial charge in [0.15, 0.2) is 14.1 Å². The molecule has 6 heteroatoms. The second-order valence-corrected chi connectivity index (χ2v) is 14.3. The van der Waals surface area contributed by atoms with Crippen LogP contribution in [0.3, 0.4) is 0 Å². The van der Waals surface area contributed by atoms with Crippen molar-refractivity contribution in [3.8, 4) is 0 Å². The molecule has 2 atom stereocenters. The number of carbonyl (C=O) groups excluding carboxylic acids is 1. The highest BCUT2D eigenvalue weighted by Crippen LogP contribution is 2.36. The number of hydrogen-bond donors (Lipinski definition) is 1. The number of aliphatic hydroxyl groups excluding tert-OH is 1. The van der Waals surface area contributed by atoms with E-state index in [2.05, 4.69) is 63.0 Å². The Morgan fingerprint density at radius 3 is 2.48 bits per heavy atom. The molecule has 23 heavy (non-hydrogen) atoms. The average Bonchev–Trinajstić information content (AvgIpc) is 2.38. The first-order valence-corrected chi connectivity index (χ1v) is 12.3. The molecule has 0 saturated heterocycles. The first-order valence-electron chi connectivity index (χ1n) is 7.85. The molecule has 0 amide bonds. The average molecular weight is 473 g/mol. The lowest BCUT2D eigenvalue weighted by atomic mass is 10.1. The Kier molecular flexibility index (Phi) is 10.5. The molecule has 0 saturated carbocycles. The fraction of sp³-hybridized carbons (Fsp3) is 0.706. The van der Waals surface area contributed by atoms with E-state index in [0.717, 1.165) is 3.58 Å². The molecule has 0 rings (SSSR count). The maximum Gasteiger partial charge on any atom is 0.192 e. The summed E-state index contributed by atoms with van der Waals surface area (Å²) in [5.41, 5.74) is 0. The van der Waals surface area contributed by atoms with Gasteiger partial charge in [-0.2, -0.15) is 0 Å². The maximum absolute atomic E-state index is 11.8. The van der Waals surface area contributed by atoms with Gasteiger partial charge in [0.1, 0.15) is 0 Å². The van der Waals surface area contributed by atoms with Gasteiger partial charge in [-0.1, -0.05) is 33.4 Å². The summed E-state index contributed by atoms with van der Waals surface area (Å²) in [4.78, 5) is 11.8. The second-order valence-electron chi connectivity index (χ2n) is 7.32. The first kappa shape index (κ1) is 23.3. The van der Waals surface area contributed by atoms with Crippen molar-refractivity contribution in [3.05, 3.63) is 22.3 Å². The van der Waals surface area contributed by atoms with Crippen LogP contribution in [-0.2, 0) is 9.22 Å². The number of allylic oxidation sites excluding steroid dienone is 2. The van der Waals surface area contributed by atoms with Crippen LogP contribution in [0.5, 0.6) is 0 Å². The molecule has 0 aromatic rings. The molecule has 0 spiro atoms. The van der Waals surface area contributed by atoms with Crippen molar-refractivity contribution in [2.45, 2.75) is 69.6 Å². The van der Waals surface area contributed by atoms with Crippen LogP contribution in [0.25, 0.3) is 0 Å². The van der Waals surface area contributed by atoms with Gasteiger partial charge >= 0.3 is 0 Å². The molecule has 1 N–H and O–H groups in total. The zero-order valence-corrected chi connectivity index (χ0v) is 18.8. The summed E-state index contributed by atoms with van der Waals surface area (Å²) < 4.78 is 6.91. The molecule has 3 nitrogen and oxygen atoms in total. The van der Waals surface area contributed by atoms with Crippen LogP contribution in [0.4, 0.5) is 0 Å². The van der Waals surface area contributed by atoms with Gasteiger partial charge in [0.2, 0.25) is 0 Å². The Morgan fingerprint density at radius 1 is 1.43 bits per heavy atom. The summed E-state index contributed by atoms with van der Waals surface area (Å²) in [6.07, 6.45) is 3.89. The number of alkyl halides is 1. The highest BCUT2D eigenvalue weighted by molar-refractivity contribution is 14.1. The van der Waals surface area contributed by atoms with Crippen LogP contribution in [0, 0.1) is 0 Å². The summed E-state index contributed by atoms with van der Waals surface area (Å²) in [7, 11) is -1.87. The van der Waals surface area contributed by atoms with E-state index in [1.807, 2.05) is 0 Å². The van der Waals surface area contributed by atoms with E-state index in [1.165, 1.54) is 12.2 Å². The third-order valence-corrected chi connectivity index (χ3v) is 9.39. The molecule has 0 bridgehead atoms. The molecule has 0 aromatic carbocycles. The molecule has 0 radical (unpaired) electrons. The van der Waals surface area contributed by atoms with Crippen molar-refractivity contribution in [2.75, 3.05) is 6.61 Å². The van der Waals surface area contributed by atoms with Gasteiger partial charge < -0.3 is 9.53 Å². The van der Waals surface area contributed by atoms with E-state index < -0.39 is 14.4 Å². The van der Waals surface area contributed by atoms with Gasteiger partial charge in [0.05, 0.1) is 12.7 Å².